The lowest BCUT2D eigenvalue weighted by atomic mass is 9.90. The summed E-state index contributed by atoms with van der Waals surface area (Å²) in [6.07, 6.45) is 3.86. The molecule has 45 heavy (non-hydrogen) atoms. The van der Waals surface area contributed by atoms with Crippen molar-refractivity contribution in [1.82, 2.24) is 15.0 Å². The van der Waals surface area contributed by atoms with Crippen LogP contribution in [-0.4, -0.2) is 15.0 Å². The predicted molar refractivity (Wildman–Crippen MR) is 183 cm³/mol. The van der Waals surface area contributed by atoms with E-state index in [0.29, 0.717) is 17.5 Å². The highest BCUT2D eigenvalue weighted by atomic mass is 16.3. The van der Waals surface area contributed by atoms with Crippen molar-refractivity contribution < 1.29 is 4.42 Å². The molecule has 9 rings (SSSR count). The number of fused-ring (bicyclic) bond motifs is 6. The third-order valence-corrected chi connectivity index (χ3v) is 8.80. The van der Waals surface area contributed by atoms with Crippen LogP contribution in [-0.2, 0) is 0 Å². The first-order chi connectivity index (χ1) is 22.3. The van der Waals surface area contributed by atoms with E-state index in [9.17, 15) is 0 Å². The van der Waals surface area contributed by atoms with E-state index in [1.165, 1.54) is 27.1 Å². The molecule has 0 saturated carbocycles. The van der Waals surface area contributed by atoms with Crippen LogP contribution in [0.2, 0.25) is 0 Å². The molecule has 1 aliphatic carbocycles. The van der Waals surface area contributed by atoms with Gasteiger partial charge in [-0.25, -0.2) is 15.0 Å². The van der Waals surface area contributed by atoms with Gasteiger partial charge in [-0.1, -0.05) is 121 Å². The Hall–Kier alpha value is -5.87. The molecule has 0 unspecified atom stereocenters. The molecule has 0 bridgehead atoms. The van der Waals surface area contributed by atoms with E-state index >= 15 is 0 Å². The van der Waals surface area contributed by atoms with Gasteiger partial charge in [0.2, 0.25) is 0 Å². The van der Waals surface area contributed by atoms with Crippen LogP contribution >= 0.6 is 0 Å². The van der Waals surface area contributed by atoms with Crippen molar-refractivity contribution in [1.29, 1.82) is 0 Å². The maximum absolute atomic E-state index is 6.59. The molecule has 0 N–H and O–H groups in total. The number of benzene rings is 6. The molecule has 0 radical (unpaired) electrons. The van der Waals surface area contributed by atoms with Crippen LogP contribution in [0.4, 0.5) is 0 Å². The van der Waals surface area contributed by atoms with Crippen molar-refractivity contribution in [2.45, 2.75) is 12.8 Å². The first-order valence-electron chi connectivity index (χ1n) is 15.3. The zero-order chi connectivity index (χ0) is 29.7. The van der Waals surface area contributed by atoms with Crippen LogP contribution in [0, 0.1) is 0 Å². The van der Waals surface area contributed by atoms with E-state index in [1.807, 2.05) is 36.4 Å². The molecule has 2 aromatic heterocycles. The van der Waals surface area contributed by atoms with E-state index in [-0.39, 0.29) is 0 Å². The number of nitrogens with zero attached hydrogens (tertiary/aromatic N) is 3. The molecule has 212 valence electrons. The van der Waals surface area contributed by atoms with Gasteiger partial charge in [-0.3, -0.25) is 0 Å². The molecule has 1 aliphatic rings. The van der Waals surface area contributed by atoms with Crippen LogP contribution < -0.4 is 10.6 Å². The quantitative estimate of drug-likeness (QED) is 0.196. The van der Waals surface area contributed by atoms with Crippen LogP contribution in [0.5, 0.6) is 0 Å². The highest BCUT2D eigenvalue weighted by molar-refractivity contribution is 6.16. The fourth-order valence-electron chi connectivity index (χ4n) is 6.75. The van der Waals surface area contributed by atoms with E-state index in [4.69, 9.17) is 19.4 Å². The van der Waals surface area contributed by atoms with Crippen molar-refractivity contribution in [3.05, 3.63) is 150 Å². The van der Waals surface area contributed by atoms with Gasteiger partial charge >= 0.3 is 0 Å². The molecule has 4 heteroatoms. The average Bonchev–Trinajstić information content (AvgIpc) is 3.51. The molecule has 4 nitrogen and oxygen atoms in total. The van der Waals surface area contributed by atoms with Crippen LogP contribution in [0.3, 0.4) is 0 Å². The van der Waals surface area contributed by atoms with Gasteiger partial charge in [0, 0.05) is 27.3 Å². The lowest BCUT2D eigenvalue weighted by Gasteiger charge is -2.14. The fourth-order valence-corrected chi connectivity index (χ4v) is 6.75. The summed E-state index contributed by atoms with van der Waals surface area (Å²) < 4.78 is 6.59. The Morgan fingerprint density at radius 3 is 1.87 bits per heavy atom. The zero-order valence-corrected chi connectivity index (χ0v) is 24.4. The largest absolute Gasteiger partial charge is 0.456 e. The second kappa shape index (κ2) is 10.4. The number of hydrogen-bond donors (Lipinski definition) is 0. The minimum atomic E-state index is 0.664. The molecule has 2 heterocycles. The molecule has 6 aromatic carbocycles. The molecular weight excluding hydrogens is 550 g/mol. The van der Waals surface area contributed by atoms with Gasteiger partial charge in [0.25, 0.3) is 0 Å². The minimum Gasteiger partial charge on any atom is -0.456 e. The Morgan fingerprint density at radius 1 is 0.511 bits per heavy atom. The van der Waals surface area contributed by atoms with E-state index < -0.39 is 0 Å². The SMILES string of the molecule is C1=c2oc3cccc(-c4cc5ccccc5c5ccccc45)c3c2=C(c2nc(-c3ccccc3)nc(-c3ccccc3)n2)CC1. The zero-order valence-electron chi connectivity index (χ0n) is 24.4. The molecule has 0 aliphatic heterocycles. The van der Waals surface area contributed by atoms with Crippen LogP contribution in [0.25, 0.3) is 78.1 Å². The minimum absolute atomic E-state index is 0.664. The van der Waals surface area contributed by atoms with Crippen molar-refractivity contribution in [3.8, 4) is 33.9 Å². The van der Waals surface area contributed by atoms with Gasteiger partial charge in [0.05, 0.1) is 0 Å². The highest BCUT2D eigenvalue weighted by Crippen LogP contribution is 2.37. The number of aromatic nitrogens is 3. The van der Waals surface area contributed by atoms with Gasteiger partial charge in [-0.2, -0.15) is 0 Å². The van der Waals surface area contributed by atoms with Crippen molar-refractivity contribution >= 4 is 44.2 Å². The summed E-state index contributed by atoms with van der Waals surface area (Å²) in [4.78, 5) is 15.2. The summed E-state index contributed by atoms with van der Waals surface area (Å²) in [5.74, 6) is 2.02. The summed E-state index contributed by atoms with van der Waals surface area (Å²) in [7, 11) is 0. The smallest absolute Gasteiger partial charge is 0.164 e. The van der Waals surface area contributed by atoms with Gasteiger partial charge in [-0.15, -0.1) is 0 Å². The van der Waals surface area contributed by atoms with E-state index in [2.05, 4.69) is 103 Å². The summed E-state index contributed by atoms with van der Waals surface area (Å²) in [5.41, 5.74) is 7.09. The monoisotopic (exact) mass is 577 g/mol. The molecule has 0 atom stereocenters. The first-order valence-corrected chi connectivity index (χ1v) is 15.3. The summed E-state index contributed by atoms with van der Waals surface area (Å²) in [5, 5.41) is 7.11. The molecule has 0 spiro atoms. The van der Waals surface area contributed by atoms with Crippen LogP contribution in [0.1, 0.15) is 18.7 Å². The number of furan rings is 1. The molecule has 0 saturated heterocycles. The normalized spacial score (nSPS) is 12.8. The van der Waals surface area contributed by atoms with Gasteiger partial charge in [0.15, 0.2) is 17.5 Å². The Labute approximate surface area is 259 Å². The number of hydrogen-bond acceptors (Lipinski definition) is 4. The average molecular weight is 578 g/mol. The second-order valence-corrected chi connectivity index (χ2v) is 11.5. The third-order valence-electron chi connectivity index (χ3n) is 8.80. The Balaban J connectivity index is 1.38. The van der Waals surface area contributed by atoms with E-state index in [1.54, 1.807) is 0 Å². The Kier molecular flexibility index (Phi) is 5.91. The van der Waals surface area contributed by atoms with Gasteiger partial charge in [-0.05, 0) is 63.7 Å². The molecule has 0 fully saturated rings. The lowest BCUT2D eigenvalue weighted by molar-refractivity contribution is 0.571. The van der Waals surface area contributed by atoms with Crippen molar-refractivity contribution in [2.24, 2.45) is 0 Å². The fraction of sp³-hybridized carbons (Fsp3) is 0.0488. The Morgan fingerprint density at radius 2 is 1.13 bits per heavy atom. The van der Waals surface area contributed by atoms with E-state index in [0.717, 1.165) is 56.7 Å². The van der Waals surface area contributed by atoms with Crippen LogP contribution in [0.15, 0.2) is 138 Å². The van der Waals surface area contributed by atoms with Gasteiger partial charge < -0.3 is 4.42 Å². The first kappa shape index (κ1) is 25.6. The molecular formula is C41H27N3O. The lowest BCUT2D eigenvalue weighted by Crippen LogP contribution is -2.28. The summed E-state index contributed by atoms with van der Waals surface area (Å²) in [6.45, 7) is 0. The maximum Gasteiger partial charge on any atom is 0.164 e. The summed E-state index contributed by atoms with van der Waals surface area (Å²) >= 11 is 0. The highest BCUT2D eigenvalue weighted by Gasteiger charge is 2.21. The molecule has 8 aromatic rings. The second-order valence-electron chi connectivity index (χ2n) is 11.5. The van der Waals surface area contributed by atoms with Crippen molar-refractivity contribution in [2.75, 3.05) is 0 Å². The predicted octanol–water partition coefficient (Wildman–Crippen LogP) is 8.70. The van der Waals surface area contributed by atoms with Crippen molar-refractivity contribution in [3.63, 3.8) is 0 Å². The maximum atomic E-state index is 6.59. The topological polar surface area (TPSA) is 51.8 Å². The summed E-state index contributed by atoms with van der Waals surface area (Å²) in [6, 6.07) is 46.3. The Bertz CT molecular complexity index is 2480. The number of rotatable bonds is 4. The standard InChI is InChI=1S/C41H27N3O/c1-3-13-26(14-4-1)39-42-40(27-15-5-2-6-16-27)44-41(43-39)33-22-12-24-36-38(33)37-32(21-11-23-35(37)45-36)34-25-28-17-7-8-18-29(28)30-19-9-10-20-31(30)34/h1-11,13-21,23-25H,12,22H2. The van der Waals surface area contributed by atoms with Gasteiger partial charge in [0.1, 0.15) is 11.0 Å². The third kappa shape index (κ3) is 4.26. The molecule has 0 amide bonds.